The van der Waals surface area contributed by atoms with Gasteiger partial charge in [-0.1, -0.05) is 6.07 Å². The third-order valence-corrected chi connectivity index (χ3v) is 4.13. The van der Waals surface area contributed by atoms with Crippen LogP contribution >= 0.6 is 0 Å². The molecule has 0 spiro atoms. The molecule has 1 unspecified atom stereocenters. The summed E-state index contributed by atoms with van der Waals surface area (Å²) >= 11 is 0. The lowest BCUT2D eigenvalue weighted by Gasteiger charge is -2.29. The van der Waals surface area contributed by atoms with Crippen molar-refractivity contribution in [3.8, 4) is 0 Å². The maximum absolute atomic E-state index is 10.7. The molecule has 2 N–H and O–H groups in total. The van der Waals surface area contributed by atoms with Crippen molar-refractivity contribution in [2.24, 2.45) is 0 Å². The maximum atomic E-state index is 10.7. The Labute approximate surface area is 127 Å². The first-order valence-electron chi connectivity index (χ1n) is 7.34. The minimum atomic E-state index is -0.642. The van der Waals surface area contributed by atoms with Gasteiger partial charge in [0.15, 0.2) is 11.5 Å². The molecule has 1 aliphatic rings. The van der Waals surface area contributed by atoms with Gasteiger partial charge in [0.1, 0.15) is 17.9 Å². The standard InChI is InChI=1S/C15H16N6O/c22-13(10-4-1-2-6-16-10)11-5-3-7-21(11)15-12-14(18-8-17-12)19-9-20-15/h1-2,4,6,8-9,11,13,22H,3,5,7H2,(H,17,18,19,20)/t11-,13?/m1/s1. The molecular weight excluding hydrogens is 280 g/mol. The van der Waals surface area contributed by atoms with Crippen LogP contribution in [-0.4, -0.2) is 42.6 Å². The van der Waals surface area contributed by atoms with Gasteiger partial charge in [-0.15, -0.1) is 0 Å². The number of rotatable bonds is 3. The summed E-state index contributed by atoms with van der Waals surface area (Å²) in [4.78, 5) is 22.2. The molecule has 4 rings (SSSR count). The number of anilines is 1. The zero-order valence-electron chi connectivity index (χ0n) is 11.9. The van der Waals surface area contributed by atoms with E-state index in [4.69, 9.17) is 0 Å². The van der Waals surface area contributed by atoms with Gasteiger partial charge in [0.2, 0.25) is 0 Å². The molecule has 7 nitrogen and oxygen atoms in total. The third kappa shape index (κ3) is 2.10. The average Bonchev–Trinajstić information content (AvgIpc) is 3.23. The van der Waals surface area contributed by atoms with E-state index in [0.29, 0.717) is 11.3 Å². The summed E-state index contributed by atoms with van der Waals surface area (Å²) in [6, 6.07) is 5.55. The Balaban J connectivity index is 1.71. The fraction of sp³-hybridized carbons (Fsp3) is 0.333. The SMILES string of the molecule is OC(c1ccccn1)[C@H]1CCCN1c1ncnc2nc[nH]c12. The number of aromatic nitrogens is 5. The Bertz CT molecular complexity index is 774. The topological polar surface area (TPSA) is 90.8 Å². The van der Waals surface area contributed by atoms with Gasteiger partial charge < -0.3 is 15.0 Å². The second-order valence-electron chi connectivity index (χ2n) is 5.40. The highest BCUT2D eigenvalue weighted by molar-refractivity contribution is 5.83. The van der Waals surface area contributed by atoms with E-state index in [1.54, 1.807) is 12.5 Å². The van der Waals surface area contributed by atoms with Crippen LogP contribution in [0.15, 0.2) is 37.1 Å². The third-order valence-electron chi connectivity index (χ3n) is 4.13. The zero-order chi connectivity index (χ0) is 14.9. The highest BCUT2D eigenvalue weighted by Gasteiger charge is 2.34. The Morgan fingerprint density at radius 2 is 2.18 bits per heavy atom. The zero-order valence-corrected chi connectivity index (χ0v) is 11.9. The van der Waals surface area contributed by atoms with Gasteiger partial charge in [-0.05, 0) is 25.0 Å². The molecule has 0 amide bonds. The second kappa shape index (κ2) is 5.34. The van der Waals surface area contributed by atoms with E-state index in [1.165, 1.54) is 6.33 Å². The molecule has 2 atom stereocenters. The molecule has 112 valence electrons. The molecule has 1 saturated heterocycles. The summed E-state index contributed by atoms with van der Waals surface area (Å²) < 4.78 is 0. The fourth-order valence-corrected chi connectivity index (χ4v) is 3.10. The first kappa shape index (κ1) is 13.1. The first-order chi connectivity index (χ1) is 10.8. The lowest BCUT2D eigenvalue weighted by Crippen LogP contribution is -2.35. The van der Waals surface area contributed by atoms with E-state index in [0.717, 1.165) is 30.7 Å². The van der Waals surface area contributed by atoms with Crippen molar-refractivity contribution in [1.82, 2.24) is 24.9 Å². The predicted molar refractivity (Wildman–Crippen MR) is 81.2 cm³/mol. The summed E-state index contributed by atoms with van der Waals surface area (Å²) in [7, 11) is 0. The number of aliphatic hydroxyl groups excluding tert-OH is 1. The molecule has 0 aliphatic carbocycles. The average molecular weight is 296 g/mol. The predicted octanol–water partition coefficient (Wildman–Crippen LogP) is 1.45. The maximum Gasteiger partial charge on any atom is 0.182 e. The van der Waals surface area contributed by atoms with Gasteiger partial charge in [0.05, 0.1) is 18.1 Å². The minimum absolute atomic E-state index is 0.0451. The number of aliphatic hydroxyl groups is 1. The highest BCUT2D eigenvalue weighted by atomic mass is 16.3. The highest BCUT2D eigenvalue weighted by Crippen LogP contribution is 2.33. The number of imidazole rings is 1. The first-order valence-corrected chi connectivity index (χ1v) is 7.34. The van der Waals surface area contributed by atoms with Crippen LogP contribution in [-0.2, 0) is 0 Å². The molecule has 0 saturated carbocycles. The molecule has 0 aromatic carbocycles. The molecule has 22 heavy (non-hydrogen) atoms. The second-order valence-corrected chi connectivity index (χ2v) is 5.40. The summed E-state index contributed by atoms with van der Waals surface area (Å²) in [5.74, 6) is 0.792. The summed E-state index contributed by atoms with van der Waals surface area (Å²) in [5, 5.41) is 10.7. The van der Waals surface area contributed by atoms with Crippen LogP contribution in [0, 0.1) is 0 Å². The van der Waals surface area contributed by atoms with E-state index in [-0.39, 0.29) is 6.04 Å². The quantitative estimate of drug-likeness (QED) is 0.760. The molecule has 1 fully saturated rings. The van der Waals surface area contributed by atoms with Crippen molar-refractivity contribution in [2.45, 2.75) is 25.0 Å². The molecule has 0 radical (unpaired) electrons. The molecule has 3 aromatic rings. The van der Waals surface area contributed by atoms with Crippen LogP contribution in [0.1, 0.15) is 24.6 Å². The number of hydrogen-bond acceptors (Lipinski definition) is 6. The van der Waals surface area contributed by atoms with Crippen LogP contribution in [0.5, 0.6) is 0 Å². The molecule has 3 aromatic heterocycles. The number of pyridine rings is 1. The summed E-state index contributed by atoms with van der Waals surface area (Å²) in [5.41, 5.74) is 2.14. The van der Waals surface area contributed by atoms with Gasteiger partial charge in [-0.2, -0.15) is 0 Å². The number of nitrogens with zero attached hydrogens (tertiary/aromatic N) is 5. The summed E-state index contributed by atoms with van der Waals surface area (Å²) in [6.45, 7) is 0.847. The molecule has 0 bridgehead atoms. The van der Waals surface area contributed by atoms with Gasteiger partial charge in [0.25, 0.3) is 0 Å². The normalized spacial score (nSPS) is 19.7. The number of hydrogen-bond donors (Lipinski definition) is 2. The lowest BCUT2D eigenvalue weighted by molar-refractivity contribution is 0.143. The van der Waals surface area contributed by atoms with Gasteiger partial charge >= 0.3 is 0 Å². The van der Waals surface area contributed by atoms with Crippen molar-refractivity contribution in [2.75, 3.05) is 11.4 Å². The van der Waals surface area contributed by atoms with Crippen LogP contribution in [0.2, 0.25) is 0 Å². The number of fused-ring (bicyclic) bond motifs is 1. The van der Waals surface area contributed by atoms with Crippen LogP contribution in [0.4, 0.5) is 5.82 Å². The molecular formula is C15H16N6O. The fourth-order valence-electron chi connectivity index (χ4n) is 3.10. The van der Waals surface area contributed by atoms with Crippen LogP contribution < -0.4 is 4.90 Å². The van der Waals surface area contributed by atoms with Gasteiger partial charge in [0, 0.05) is 12.7 Å². The lowest BCUT2D eigenvalue weighted by atomic mass is 10.0. The van der Waals surface area contributed by atoms with Crippen molar-refractivity contribution < 1.29 is 5.11 Å². The Kier molecular flexibility index (Phi) is 3.19. The van der Waals surface area contributed by atoms with E-state index >= 15 is 0 Å². The summed E-state index contributed by atoms with van der Waals surface area (Å²) in [6.07, 6.45) is 6.10. The number of H-pyrrole nitrogens is 1. The van der Waals surface area contributed by atoms with Crippen molar-refractivity contribution >= 4 is 17.0 Å². The Morgan fingerprint density at radius 3 is 3.05 bits per heavy atom. The largest absolute Gasteiger partial charge is 0.385 e. The van der Waals surface area contributed by atoms with Crippen LogP contribution in [0.3, 0.4) is 0 Å². The van der Waals surface area contributed by atoms with E-state index in [1.807, 2.05) is 18.2 Å². The van der Waals surface area contributed by atoms with E-state index < -0.39 is 6.10 Å². The van der Waals surface area contributed by atoms with Crippen LogP contribution in [0.25, 0.3) is 11.2 Å². The van der Waals surface area contributed by atoms with Crippen molar-refractivity contribution in [3.63, 3.8) is 0 Å². The van der Waals surface area contributed by atoms with Crippen molar-refractivity contribution in [1.29, 1.82) is 0 Å². The monoisotopic (exact) mass is 296 g/mol. The molecule has 7 heteroatoms. The Morgan fingerprint density at radius 1 is 1.23 bits per heavy atom. The minimum Gasteiger partial charge on any atom is -0.385 e. The number of nitrogens with one attached hydrogen (secondary N) is 1. The van der Waals surface area contributed by atoms with E-state index in [2.05, 4.69) is 29.8 Å². The van der Waals surface area contributed by atoms with Gasteiger partial charge in [-0.3, -0.25) is 4.98 Å². The molecule has 1 aliphatic heterocycles. The van der Waals surface area contributed by atoms with E-state index in [9.17, 15) is 5.11 Å². The molecule has 4 heterocycles. The van der Waals surface area contributed by atoms with Gasteiger partial charge in [-0.25, -0.2) is 15.0 Å². The Hall–Kier alpha value is -2.54. The van der Waals surface area contributed by atoms with Crippen molar-refractivity contribution in [3.05, 3.63) is 42.7 Å². The number of aromatic amines is 1. The smallest absolute Gasteiger partial charge is 0.182 e.